The normalized spacial score (nSPS) is 60.0. The molecule has 0 bridgehead atoms. The molecule has 9 atom stereocenters. The summed E-state index contributed by atoms with van der Waals surface area (Å²) in [5, 5.41) is 42.0. The summed E-state index contributed by atoms with van der Waals surface area (Å²) in [6, 6.07) is 0. The van der Waals surface area contributed by atoms with Crippen LogP contribution in [-0.2, 0) is 0 Å². The molecule has 0 aromatic heterocycles. The van der Waals surface area contributed by atoms with Crippen LogP contribution in [0.1, 0.15) is 51.4 Å². The molecule has 0 heterocycles. The number of rotatable bonds is 0. The van der Waals surface area contributed by atoms with Crippen LogP contribution in [0.15, 0.2) is 0 Å². The fourth-order valence-corrected chi connectivity index (χ4v) is 6.47. The van der Waals surface area contributed by atoms with Gasteiger partial charge in [-0.1, -0.05) is 6.42 Å². The van der Waals surface area contributed by atoms with Gasteiger partial charge in [0.1, 0.15) is 0 Å². The highest BCUT2D eigenvalue weighted by atomic mass is 16.3. The van der Waals surface area contributed by atoms with Crippen LogP contribution in [-0.4, -0.2) is 44.3 Å². The first kappa shape index (κ1) is 14.4. The molecule has 0 radical (unpaired) electrons. The summed E-state index contributed by atoms with van der Waals surface area (Å²) in [4.78, 5) is 0. The minimum Gasteiger partial charge on any atom is -0.393 e. The Bertz CT molecular complexity index is 414. The van der Waals surface area contributed by atoms with E-state index in [4.69, 9.17) is 0 Å². The van der Waals surface area contributed by atoms with E-state index in [1.807, 2.05) is 0 Å². The Morgan fingerprint density at radius 1 is 0.762 bits per heavy atom. The molecular weight excluding hydrogens is 268 g/mol. The van der Waals surface area contributed by atoms with Crippen LogP contribution in [0.2, 0.25) is 0 Å². The summed E-state index contributed by atoms with van der Waals surface area (Å²) >= 11 is 0. The maximum atomic E-state index is 11.0. The quantitative estimate of drug-likeness (QED) is 0.539. The van der Waals surface area contributed by atoms with Gasteiger partial charge in [0.15, 0.2) is 0 Å². The van der Waals surface area contributed by atoms with E-state index in [1.165, 1.54) is 12.8 Å². The van der Waals surface area contributed by atoms with Crippen LogP contribution in [0.4, 0.5) is 0 Å². The molecule has 4 aliphatic carbocycles. The molecule has 0 aromatic carbocycles. The standard InChI is InChI=1S/C17H28O4/c18-9-4-5-14-13-6-15(19)11-3-1-2-10(11)12(13)7-16(20)17(14,21)8-9/h9-16,18-21H,1-8H2. The lowest BCUT2D eigenvalue weighted by Gasteiger charge is -2.58. The van der Waals surface area contributed by atoms with Crippen molar-refractivity contribution in [2.75, 3.05) is 0 Å². The lowest BCUT2D eigenvalue weighted by Crippen LogP contribution is -2.63. The summed E-state index contributed by atoms with van der Waals surface area (Å²) in [6.45, 7) is 0. The third kappa shape index (κ3) is 2.03. The Morgan fingerprint density at radius 3 is 2.33 bits per heavy atom. The Hall–Kier alpha value is -0.160. The average molecular weight is 296 g/mol. The largest absolute Gasteiger partial charge is 0.393 e. The molecular formula is C17H28O4. The van der Waals surface area contributed by atoms with Crippen molar-refractivity contribution in [3.05, 3.63) is 0 Å². The van der Waals surface area contributed by atoms with Crippen molar-refractivity contribution < 1.29 is 20.4 Å². The number of fused-ring (bicyclic) bond motifs is 5. The highest BCUT2D eigenvalue weighted by molar-refractivity contribution is 5.10. The zero-order valence-electron chi connectivity index (χ0n) is 12.6. The molecule has 0 spiro atoms. The van der Waals surface area contributed by atoms with E-state index in [-0.39, 0.29) is 12.0 Å². The van der Waals surface area contributed by atoms with Gasteiger partial charge in [0.05, 0.1) is 23.9 Å². The van der Waals surface area contributed by atoms with Crippen LogP contribution >= 0.6 is 0 Å². The molecule has 4 nitrogen and oxygen atoms in total. The second kappa shape index (κ2) is 4.92. The van der Waals surface area contributed by atoms with Crippen molar-refractivity contribution >= 4 is 0 Å². The van der Waals surface area contributed by atoms with E-state index in [9.17, 15) is 20.4 Å². The fraction of sp³-hybridized carbons (Fsp3) is 1.00. The maximum absolute atomic E-state index is 11.0. The van der Waals surface area contributed by atoms with Crippen molar-refractivity contribution in [1.29, 1.82) is 0 Å². The van der Waals surface area contributed by atoms with E-state index in [2.05, 4.69) is 0 Å². The average Bonchev–Trinajstić information content (AvgIpc) is 2.91. The molecule has 0 amide bonds. The SMILES string of the molecule is OC1CCC2C3CC(O)C4CCCC4C3CC(O)C2(O)C1. The van der Waals surface area contributed by atoms with Crippen LogP contribution < -0.4 is 0 Å². The van der Waals surface area contributed by atoms with Gasteiger partial charge < -0.3 is 20.4 Å². The molecule has 0 aliphatic heterocycles. The number of hydrogen-bond acceptors (Lipinski definition) is 4. The van der Waals surface area contributed by atoms with Gasteiger partial charge in [-0.05, 0) is 68.1 Å². The molecule has 4 rings (SSSR count). The van der Waals surface area contributed by atoms with Gasteiger partial charge in [-0.15, -0.1) is 0 Å². The van der Waals surface area contributed by atoms with Crippen molar-refractivity contribution in [2.45, 2.75) is 75.3 Å². The van der Waals surface area contributed by atoms with E-state index in [1.54, 1.807) is 0 Å². The minimum atomic E-state index is -1.13. The van der Waals surface area contributed by atoms with Crippen LogP contribution in [0.5, 0.6) is 0 Å². The van der Waals surface area contributed by atoms with E-state index in [0.717, 1.165) is 19.3 Å². The van der Waals surface area contributed by atoms with Gasteiger partial charge in [0.25, 0.3) is 0 Å². The van der Waals surface area contributed by atoms with Crippen molar-refractivity contribution in [3.63, 3.8) is 0 Å². The number of aliphatic hydroxyl groups is 4. The number of aliphatic hydroxyl groups excluding tert-OH is 3. The summed E-state index contributed by atoms with van der Waals surface area (Å²) < 4.78 is 0. The molecule has 120 valence electrons. The van der Waals surface area contributed by atoms with Gasteiger partial charge >= 0.3 is 0 Å². The van der Waals surface area contributed by atoms with Gasteiger partial charge in [-0.25, -0.2) is 0 Å². The Labute approximate surface area is 126 Å². The Morgan fingerprint density at radius 2 is 1.52 bits per heavy atom. The van der Waals surface area contributed by atoms with Crippen molar-refractivity contribution in [3.8, 4) is 0 Å². The predicted molar refractivity (Wildman–Crippen MR) is 77.4 cm³/mol. The molecule has 0 aromatic rings. The topological polar surface area (TPSA) is 80.9 Å². The highest BCUT2D eigenvalue weighted by Gasteiger charge is 2.60. The zero-order chi connectivity index (χ0) is 14.8. The molecule has 4 heteroatoms. The van der Waals surface area contributed by atoms with Crippen LogP contribution in [0, 0.1) is 29.6 Å². The predicted octanol–water partition coefficient (Wildman–Crippen LogP) is 1.06. The third-order valence-corrected chi connectivity index (χ3v) is 7.34. The van der Waals surface area contributed by atoms with E-state index < -0.39 is 17.8 Å². The molecule has 4 N–H and O–H groups in total. The smallest absolute Gasteiger partial charge is 0.0960 e. The summed E-state index contributed by atoms with van der Waals surface area (Å²) in [5.41, 5.74) is -1.13. The molecule has 4 fully saturated rings. The monoisotopic (exact) mass is 296 g/mol. The fourth-order valence-electron chi connectivity index (χ4n) is 6.47. The maximum Gasteiger partial charge on any atom is 0.0960 e. The van der Waals surface area contributed by atoms with E-state index in [0.29, 0.717) is 42.9 Å². The van der Waals surface area contributed by atoms with Crippen LogP contribution in [0.3, 0.4) is 0 Å². The molecule has 21 heavy (non-hydrogen) atoms. The van der Waals surface area contributed by atoms with Gasteiger partial charge in [-0.3, -0.25) is 0 Å². The third-order valence-electron chi connectivity index (χ3n) is 7.34. The molecule has 4 saturated carbocycles. The van der Waals surface area contributed by atoms with Crippen molar-refractivity contribution in [1.82, 2.24) is 0 Å². The van der Waals surface area contributed by atoms with Gasteiger partial charge in [0.2, 0.25) is 0 Å². The first-order valence-electron chi connectivity index (χ1n) is 8.77. The lowest BCUT2D eigenvalue weighted by molar-refractivity contribution is -0.223. The number of hydrogen-bond donors (Lipinski definition) is 4. The highest BCUT2D eigenvalue weighted by Crippen LogP contribution is 2.59. The molecule has 4 aliphatic rings. The second-order valence-corrected chi connectivity index (χ2v) is 8.17. The van der Waals surface area contributed by atoms with E-state index >= 15 is 0 Å². The Balaban J connectivity index is 1.65. The summed E-state index contributed by atoms with van der Waals surface area (Å²) in [6.07, 6.45) is 5.27. The lowest BCUT2D eigenvalue weighted by atomic mass is 9.50. The van der Waals surface area contributed by atoms with Crippen LogP contribution in [0.25, 0.3) is 0 Å². The first-order valence-corrected chi connectivity index (χ1v) is 8.77. The Kier molecular flexibility index (Phi) is 3.38. The van der Waals surface area contributed by atoms with Gasteiger partial charge in [-0.2, -0.15) is 0 Å². The molecule has 9 unspecified atom stereocenters. The minimum absolute atomic E-state index is 0.0471. The second-order valence-electron chi connectivity index (χ2n) is 8.17. The zero-order valence-corrected chi connectivity index (χ0v) is 12.6. The summed E-state index contributed by atoms with van der Waals surface area (Å²) in [7, 11) is 0. The molecule has 0 saturated heterocycles. The summed E-state index contributed by atoms with van der Waals surface area (Å²) in [5.74, 6) is 1.77. The first-order chi connectivity index (χ1) is 10.0. The van der Waals surface area contributed by atoms with Crippen molar-refractivity contribution in [2.24, 2.45) is 29.6 Å². The van der Waals surface area contributed by atoms with Gasteiger partial charge in [0, 0.05) is 6.42 Å².